The quantitative estimate of drug-likeness (QED) is 0.335. The summed E-state index contributed by atoms with van der Waals surface area (Å²) in [5, 5.41) is 13.6. The molecule has 3 N–H and O–H groups in total. The number of rotatable bonds is 9. The molecule has 0 aliphatic carbocycles. The maximum absolute atomic E-state index is 12.2. The highest BCUT2D eigenvalue weighted by atomic mass is 32.2. The molecule has 1 aliphatic heterocycles. The summed E-state index contributed by atoms with van der Waals surface area (Å²) in [6.07, 6.45) is 1.36. The van der Waals surface area contributed by atoms with E-state index in [9.17, 15) is 18.4 Å². The standard InChI is InChI=1S/C26H33N5O5S/c1-19(2)18-28-26(34)24-17-22(10-11-27-24)5-4-21-6-8-23(9-7-21)29-12-14-30(15-13-29)31(37(35)36)20(3)16-25(32)33/h6-11,17,19-20H,12-16,18H2,1-3H3,(H,28,34)(H,32,33)(H,35,36). The molecular weight excluding hydrogens is 494 g/mol. The van der Waals surface area contributed by atoms with Crippen LogP contribution in [0.5, 0.6) is 0 Å². The number of piperazine rings is 1. The van der Waals surface area contributed by atoms with Crippen LogP contribution in [0.25, 0.3) is 0 Å². The van der Waals surface area contributed by atoms with Gasteiger partial charge < -0.3 is 15.3 Å². The number of hydrazine groups is 1. The van der Waals surface area contributed by atoms with E-state index in [4.69, 9.17) is 5.11 Å². The van der Waals surface area contributed by atoms with Crippen LogP contribution >= 0.6 is 0 Å². The van der Waals surface area contributed by atoms with Gasteiger partial charge in [0, 0.05) is 61.8 Å². The second-order valence-corrected chi connectivity index (χ2v) is 10.1. The van der Waals surface area contributed by atoms with Crippen LogP contribution in [-0.4, -0.2) is 78.9 Å². The van der Waals surface area contributed by atoms with E-state index < -0.39 is 23.3 Å². The van der Waals surface area contributed by atoms with Gasteiger partial charge in [0.05, 0.1) is 6.42 Å². The van der Waals surface area contributed by atoms with E-state index >= 15 is 0 Å². The first-order valence-electron chi connectivity index (χ1n) is 12.1. The van der Waals surface area contributed by atoms with Crippen LogP contribution in [0.15, 0.2) is 42.6 Å². The average Bonchev–Trinajstić information content (AvgIpc) is 2.86. The predicted molar refractivity (Wildman–Crippen MR) is 142 cm³/mol. The minimum Gasteiger partial charge on any atom is -0.481 e. The van der Waals surface area contributed by atoms with Crippen LogP contribution in [0.4, 0.5) is 5.69 Å². The van der Waals surface area contributed by atoms with Crippen molar-refractivity contribution in [2.75, 3.05) is 37.6 Å². The molecule has 11 heteroatoms. The number of pyridine rings is 1. The third-order valence-corrected chi connectivity index (χ3v) is 6.70. The Morgan fingerprint density at radius 1 is 1.08 bits per heavy atom. The summed E-state index contributed by atoms with van der Waals surface area (Å²) in [5.74, 6) is 5.33. The van der Waals surface area contributed by atoms with Crippen molar-refractivity contribution < 1.29 is 23.5 Å². The molecule has 1 amide bonds. The highest BCUT2D eigenvalue weighted by molar-refractivity contribution is 7.76. The Hall–Kier alpha value is -3.30. The highest BCUT2D eigenvalue weighted by Gasteiger charge is 2.30. The normalized spacial score (nSPS) is 15.7. The van der Waals surface area contributed by atoms with Crippen LogP contribution in [0.1, 0.15) is 48.8 Å². The van der Waals surface area contributed by atoms with Crippen molar-refractivity contribution in [3.05, 3.63) is 59.4 Å². The summed E-state index contributed by atoms with van der Waals surface area (Å²) in [7, 11) is 0. The first-order chi connectivity index (χ1) is 17.6. The van der Waals surface area contributed by atoms with Gasteiger partial charge in [-0.3, -0.25) is 19.1 Å². The SMILES string of the molecule is CC(C)CNC(=O)c1cc(C#Cc2ccc(N3CCN(N(C(C)CC(=O)O)S(=O)O)CC3)cc2)ccn1. The minimum atomic E-state index is -2.30. The second kappa shape index (κ2) is 13.3. The monoisotopic (exact) mass is 527 g/mol. The summed E-state index contributed by atoms with van der Waals surface area (Å²) in [4.78, 5) is 29.6. The van der Waals surface area contributed by atoms with E-state index in [1.165, 1.54) is 4.41 Å². The van der Waals surface area contributed by atoms with Gasteiger partial charge in [-0.25, -0.2) is 9.22 Å². The van der Waals surface area contributed by atoms with E-state index in [1.54, 1.807) is 30.3 Å². The summed E-state index contributed by atoms with van der Waals surface area (Å²) >= 11 is -2.30. The van der Waals surface area contributed by atoms with Crippen molar-refractivity contribution in [2.24, 2.45) is 5.92 Å². The van der Waals surface area contributed by atoms with Crippen LogP contribution in [-0.2, 0) is 16.1 Å². The molecule has 3 rings (SSSR count). The smallest absolute Gasteiger partial charge is 0.305 e. The number of amides is 1. The lowest BCUT2D eigenvalue weighted by molar-refractivity contribution is -0.139. The number of carbonyl (C=O) groups excluding carboxylic acids is 1. The van der Waals surface area contributed by atoms with Crippen LogP contribution in [0, 0.1) is 17.8 Å². The Bertz CT molecular complexity index is 1170. The third-order valence-electron chi connectivity index (χ3n) is 5.79. The molecule has 1 aliphatic rings. The Balaban J connectivity index is 1.59. The Kier molecular flexibility index (Phi) is 10.2. The lowest BCUT2D eigenvalue weighted by Gasteiger charge is -2.41. The molecule has 0 saturated carbocycles. The van der Waals surface area contributed by atoms with Crippen molar-refractivity contribution in [1.82, 2.24) is 19.7 Å². The lowest BCUT2D eigenvalue weighted by atomic mass is 10.1. The van der Waals surface area contributed by atoms with Crippen molar-refractivity contribution >= 4 is 28.8 Å². The fourth-order valence-electron chi connectivity index (χ4n) is 3.93. The minimum absolute atomic E-state index is 0.216. The van der Waals surface area contributed by atoms with Crippen molar-refractivity contribution in [1.29, 1.82) is 0 Å². The molecule has 1 saturated heterocycles. The highest BCUT2D eigenvalue weighted by Crippen LogP contribution is 2.20. The van der Waals surface area contributed by atoms with Gasteiger partial charge in [-0.05, 0) is 49.2 Å². The molecule has 1 aromatic carbocycles. The number of nitrogens with zero attached hydrogens (tertiary/aromatic N) is 4. The average molecular weight is 528 g/mol. The fraction of sp³-hybridized carbons (Fsp3) is 0.423. The van der Waals surface area contributed by atoms with E-state index in [1.807, 2.05) is 38.1 Å². The summed E-state index contributed by atoms with van der Waals surface area (Å²) < 4.78 is 22.8. The van der Waals surface area contributed by atoms with E-state index in [-0.39, 0.29) is 12.3 Å². The van der Waals surface area contributed by atoms with E-state index in [0.29, 0.717) is 49.9 Å². The van der Waals surface area contributed by atoms with Crippen LogP contribution in [0.2, 0.25) is 0 Å². The van der Waals surface area contributed by atoms with Gasteiger partial charge in [0.25, 0.3) is 5.91 Å². The molecule has 0 bridgehead atoms. The molecule has 2 atom stereocenters. The number of aliphatic carboxylic acids is 1. The largest absolute Gasteiger partial charge is 0.481 e. The van der Waals surface area contributed by atoms with Crippen LogP contribution < -0.4 is 10.2 Å². The Morgan fingerprint density at radius 2 is 1.73 bits per heavy atom. The zero-order valence-electron chi connectivity index (χ0n) is 21.3. The number of hydrogen-bond donors (Lipinski definition) is 3. The van der Waals surface area contributed by atoms with Crippen molar-refractivity contribution in [2.45, 2.75) is 33.2 Å². The number of benzene rings is 1. The first kappa shape index (κ1) is 28.3. The number of nitrogens with one attached hydrogen (secondary N) is 1. The maximum atomic E-state index is 12.2. The van der Waals surface area contributed by atoms with Gasteiger partial charge in [-0.1, -0.05) is 25.7 Å². The maximum Gasteiger partial charge on any atom is 0.305 e. The van der Waals surface area contributed by atoms with Gasteiger partial charge >= 0.3 is 5.97 Å². The number of carboxylic acids is 1. The van der Waals surface area contributed by atoms with Crippen molar-refractivity contribution in [3.8, 4) is 11.8 Å². The summed E-state index contributed by atoms with van der Waals surface area (Å²) in [6.45, 7) is 8.50. The first-order valence-corrected chi connectivity index (χ1v) is 13.2. The van der Waals surface area contributed by atoms with Gasteiger partial charge in [0.1, 0.15) is 5.69 Å². The molecule has 10 nitrogen and oxygen atoms in total. The van der Waals surface area contributed by atoms with E-state index in [2.05, 4.69) is 27.0 Å². The molecule has 1 aromatic heterocycles. The van der Waals surface area contributed by atoms with Gasteiger partial charge in [0.15, 0.2) is 0 Å². The molecular formula is C26H33N5O5S. The fourth-order valence-corrected chi connectivity index (χ4v) is 4.68. The molecule has 0 spiro atoms. The van der Waals surface area contributed by atoms with Crippen molar-refractivity contribution in [3.63, 3.8) is 0 Å². The molecule has 2 aromatic rings. The number of carboxylic acid groups (broad SMARTS) is 1. The van der Waals surface area contributed by atoms with Crippen LogP contribution in [0.3, 0.4) is 0 Å². The predicted octanol–water partition coefficient (Wildman–Crippen LogP) is 2.21. The Morgan fingerprint density at radius 3 is 2.32 bits per heavy atom. The third kappa shape index (κ3) is 8.36. The molecule has 198 valence electrons. The van der Waals surface area contributed by atoms with Gasteiger partial charge in [-0.2, -0.15) is 0 Å². The Labute approximate surface area is 220 Å². The zero-order chi connectivity index (χ0) is 26.9. The molecule has 1 fully saturated rings. The lowest BCUT2D eigenvalue weighted by Crippen LogP contribution is -2.57. The number of hydrogen-bond acceptors (Lipinski definition) is 6. The number of carbonyl (C=O) groups is 2. The summed E-state index contributed by atoms with van der Waals surface area (Å²) in [5.41, 5.74) is 2.87. The van der Waals surface area contributed by atoms with E-state index in [0.717, 1.165) is 11.3 Å². The van der Waals surface area contributed by atoms with Gasteiger partial charge in [0.2, 0.25) is 11.3 Å². The molecule has 0 radical (unpaired) electrons. The molecule has 2 unspecified atom stereocenters. The van der Waals surface area contributed by atoms with Gasteiger partial charge in [-0.15, -0.1) is 4.41 Å². The molecule has 2 heterocycles. The number of anilines is 1. The molecule has 37 heavy (non-hydrogen) atoms. The number of aromatic nitrogens is 1. The zero-order valence-corrected chi connectivity index (χ0v) is 22.1. The summed E-state index contributed by atoms with van der Waals surface area (Å²) in [6, 6.07) is 10.7. The second-order valence-electron chi connectivity index (χ2n) is 9.25. The topological polar surface area (TPSA) is 126 Å².